The molecule has 7 nitrogen and oxygen atoms in total. The van der Waals surface area contributed by atoms with Gasteiger partial charge in [-0.15, -0.1) is 13.2 Å². The maximum absolute atomic E-state index is 15.0. The van der Waals surface area contributed by atoms with Crippen LogP contribution in [0.2, 0.25) is 0 Å². The fourth-order valence-electron chi connectivity index (χ4n) is 4.21. The second-order valence-electron chi connectivity index (χ2n) is 8.89. The number of nitrogens with two attached hydrogens (primary N) is 1. The molecule has 2 aromatic rings. The van der Waals surface area contributed by atoms with Crippen molar-refractivity contribution in [2.24, 2.45) is 10.7 Å². The van der Waals surface area contributed by atoms with Crippen molar-refractivity contribution >= 4 is 23.2 Å². The number of hydrogen-bond acceptors (Lipinski definition) is 5. The Kier molecular flexibility index (Phi) is 7.51. The molecule has 2 amide bonds. The number of alkyl halides is 4. The summed E-state index contributed by atoms with van der Waals surface area (Å²) in [4.78, 5) is 30.5. The summed E-state index contributed by atoms with van der Waals surface area (Å²) < 4.78 is 61.5. The first-order valence-corrected chi connectivity index (χ1v) is 11.6. The number of primary amides is 1. The van der Waals surface area contributed by atoms with Gasteiger partial charge in [0, 0.05) is 30.7 Å². The van der Waals surface area contributed by atoms with Crippen LogP contribution < -0.4 is 15.2 Å². The summed E-state index contributed by atoms with van der Waals surface area (Å²) >= 11 is 0. The number of likely N-dealkylation sites (tertiary alicyclic amines) is 1. The number of allylic oxidation sites excluding steroid dienone is 1. The Balaban J connectivity index is 1.36. The molecule has 2 aliphatic rings. The maximum Gasteiger partial charge on any atom is 0.573 e. The number of nitrogens with zero attached hydrogens (tertiary/aromatic N) is 2. The van der Waals surface area contributed by atoms with E-state index in [1.807, 2.05) is 13.0 Å². The van der Waals surface area contributed by atoms with Crippen LogP contribution in [0.15, 0.2) is 53.5 Å². The summed E-state index contributed by atoms with van der Waals surface area (Å²) in [5, 5.41) is 0. The van der Waals surface area contributed by atoms with Crippen LogP contribution in [0.1, 0.15) is 41.3 Å². The number of rotatable bonds is 7. The molecular formula is C26H25F4N3O4. The summed E-state index contributed by atoms with van der Waals surface area (Å²) in [5.41, 5.74) is 8.50. The normalized spacial score (nSPS) is 19.8. The molecule has 2 heterocycles. The van der Waals surface area contributed by atoms with Crippen LogP contribution in [-0.4, -0.2) is 54.2 Å². The van der Waals surface area contributed by atoms with Gasteiger partial charge in [-0.3, -0.25) is 14.6 Å². The highest BCUT2D eigenvalue weighted by molar-refractivity contribution is 5.98. The highest BCUT2D eigenvalue weighted by Gasteiger charge is 2.34. The molecule has 0 radical (unpaired) electrons. The van der Waals surface area contributed by atoms with Gasteiger partial charge in [0.1, 0.15) is 17.6 Å². The van der Waals surface area contributed by atoms with Crippen molar-refractivity contribution in [2.75, 3.05) is 13.1 Å². The van der Waals surface area contributed by atoms with E-state index in [0.717, 1.165) is 30.0 Å². The highest BCUT2D eigenvalue weighted by Crippen LogP contribution is 2.30. The average Bonchev–Trinajstić information content (AvgIpc) is 3.27. The number of amides is 2. The molecule has 0 bridgehead atoms. The molecule has 0 unspecified atom stereocenters. The molecule has 1 saturated heterocycles. The predicted molar refractivity (Wildman–Crippen MR) is 128 cm³/mol. The number of ether oxygens (including phenoxy) is 2. The SMILES string of the molecule is CC1=NC(c2ccc(O[C@H]3CCN(C(=O)Cc4ccc(OC(F)(F)F)cc4)C[C@H]3F)c(C(N)=O)c2)=CC1. The third-order valence-electron chi connectivity index (χ3n) is 6.07. The zero-order valence-corrected chi connectivity index (χ0v) is 19.9. The quantitative estimate of drug-likeness (QED) is 0.547. The topological polar surface area (TPSA) is 94.2 Å². The second-order valence-corrected chi connectivity index (χ2v) is 8.89. The van der Waals surface area contributed by atoms with Crippen LogP contribution in [0, 0.1) is 0 Å². The Hall–Kier alpha value is -3.89. The molecule has 0 aromatic heterocycles. The lowest BCUT2D eigenvalue weighted by molar-refractivity contribution is -0.274. The number of piperidine rings is 1. The summed E-state index contributed by atoms with van der Waals surface area (Å²) in [6.45, 7) is 1.89. The molecule has 2 aromatic carbocycles. The van der Waals surface area contributed by atoms with Crippen LogP contribution in [0.3, 0.4) is 0 Å². The summed E-state index contributed by atoms with van der Waals surface area (Å²) in [6, 6.07) is 9.81. The van der Waals surface area contributed by atoms with Gasteiger partial charge in [-0.05, 0) is 42.8 Å². The van der Waals surface area contributed by atoms with Crippen molar-refractivity contribution in [1.82, 2.24) is 4.90 Å². The molecule has 37 heavy (non-hydrogen) atoms. The highest BCUT2D eigenvalue weighted by atomic mass is 19.4. The molecule has 2 aliphatic heterocycles. The number of carbonyl (C=O) groups is 2. The smallest absolute Gasteiger partial charge is 0.486 e. The summed E-state index contributed by atoms with van der Waals surface area (Å²) in [7, 11) is 0. The lowest BCUT2D eigenvalue weighted by Crippen LogP contribution is -2.49. The number of hydrogen-bond donors (Lipinski definition) is 1. The van der Waals surface area contributed by atoms with E-state index in [9.17, 15) is 22.8 Å². The predicted octanol–water partition coefficient (Wildman–Crippen LogP) is 4.45. The number of halogens is 4. The van der Waals surface area contributed by atoms with E-state index in [1.54, 1.807) is 18.2 Å². The van der Waals surface area contributed by atoms with E-state index in [4.69, 9.17) is 10.5 Å². The molecule has 1 fully saturated rings. The fraction of sp³-hybridized carbons (Fsp3) is 0.346. The molecule has 0 spiro atoms. The Labute approximate surface area is 210 Å². The summed E-state index contributed by atoms with van der Waals surface area (Å²) in [5.74, 6) is -1.32. The van der Waals surface area contributed by atoms with Crippen molar-refractivity contribution < 1.29 is 36.6 Å². The van der Waals surface area contributed by atoms with E-state index < -0.39 is 30.3 Å². The molecule has 196 valence electrons. The van der Waals surface area contributed by atoms with E-state index in [2.05, 4.69) is 9.73 Å². The zero-order valence-electron chi connectivity index (χ0n) is 19.9. The minimum atomic E-state index is -4.80. The average molecular weight is 519 g/mol. The maximum atomic E-state index is 15.0. The lowest BCUT2D eigenvalue weighted by atomic mass is 10.0. The molecule has 4 rings (SSSR count). The molecule has 11 heteroatoms. The van der Waals surface area contributed by atoms with Gasteiger partial charge in [0.15, 0.2) is 6.17 Å². The van der Waals surface area contributed by atoms with E-state index in [-0.39, 0.29) is 43.2 Å². The van der Waals surface area contributed by atoms with E-state index >= 15 is 4.39 Å². The van der Waals surface area contributed by atoms with Crippen molar-refractivity contribution in [1.29, 1.82) is 0 Å². The standard InChI is InChI=1S/C26H25F4N3O4/c1-15-2-8-21(32-15)17-5-9-22(19(13-17)25(31)35)36-23-10-11-33(14-20(23)27)24(34)12-16-3-6-18(7-4-16)37-26(28,29)30/h3-9,13,20,23H,2,10-12,14H2,1H3,(H2,31,35)/t20-,23+/m1/s1. The van der Waals surface area contributed by atoms with Gasteiger partial charge in [-0.1, -0.05) is 18.2 Å². The zero-order chi connectivity index (χ0) is 26.7. The third-order valence-corrected chi connectivity index (χ3v) is 6.07. The minimum Gasteiger partial charge on any atom is -0.486 e. The Bertz CT molecular complexity index is 1240. The van der Waals surface area contributed by atoms with Crippen LogP contribution in [0.5, 0.6) is 11.5 Å². The number of benzene rings is 2. The van der Waals surface area contributed by atoms with Gasteiger partial charge in [0.05, 0.1) is 24.2 Å². The van der Waals surface area contributed by atoms with Gasteiger partial charge in [0.2, 0.25) is 5.91 Å². The van der Waals surface area contributed by atoms with E-state index in [1.165, 1.54) is 17.0 Å². The van der Waals surface area contributed by atoms with Gasteiger partial charge in [0.25, 0.3) is 5.91 Å². The fourth-order valence-corrected chi connectivity index (χ4v) is 4.21. The van der Waals surface area contributed by atoms with Gasteiger partial charge >= 0.3 is 6.36 Å². The first-order chi connectivity index (χ1) is 17.5. The summed E-state index contributed by atoms with van der Waals surface area (Å²) in [6.07, 6.45) is -4.48. The van der Waals surface area contributed by atoms with Gasteiger partial charge in [-0.25, -0.2) is 4.39 Å². The second kappa shape index (κ2) is 10.6. The van der Waals surface area contributed by atoms with Crippen LogP contribution in [-0.2, 0) is 11.2 Å². The van der Waals surface area contributed by atoms with Crippen LogP contribution >= 0.6 is 0 Å². The molecule has 2 N–H and O–H groups in total. The van der Waals surface area contributed by atoms with Gasteiger partial charge < -0.3 is 20.1 Å². The Morgan fingerprint density at radius 3 is 2.49 bits per heavy atom. The van der Waals surface area contributed by atoms with Crippen molar-refractivity contribution in [3.05, 3.63) is 65.2 Å². The third kappa shape index (κ3) is 6.66. The Morgan fingerprint density at radius 2 is 1.89 bits per heavy atom. The van der Waals surface area contributed by atoms with Gasteiger partial charge in [-0.2, -0.15) is 0 Å². The number of aliphatic imine (C=N–C) groups is 1. The van der Waals surface area contributed by atoms with E-state index in [0.29, 0.717) is 11.1 Å². The van der Waals surface area contributed by atoms with Crippen LogP contribution in [0.4, 0.5) is 17.6 Å². The van der Waals surface area contributed by atoms with Crippen molar-refractivity contribution in [2.45, 2.75) is 44.8 Å². The molecular weight excluding hydrogens is 494 g/mol. The monoisotopic (exact) mass is 519 g/mol. The first kappa shape index (κ1) is 26.2. The van der Waals surface area contributed by atoms with Crippen LogP contribution in [0.25, 0.3) is 5.70 Å². The first-order valence-electron chi connectivity index (χ1n) is 11.6. The number of carbonyl (C=O) groups excluding carboxylic acids is 2. The minimum absolute atomic E-state index is 0.102. The molecule has 0 saturated carbocycles. The van der Waals surface area contributed by atoms with Crippen molar-refractivity contribution in [3.8, 4) is 11.5 Å². The Morgan fingerprint density at radius 1 is 1.16 bits per heavy atom. The molecule has 2 atom stereocenters. The van der Waals surface area contributed by atoms with Crippen molar-refractivity contribution in [3.63, 3.8) is 0 Å². The lowest BCUT2D eigenvalue weighted by Gasteiger charge is -2.35. The molecule has 0 aliphatic carbocycles. The largest absolute Gasteiger partial charge is 0.573 e.